The molecule has 38 heavy (non-hydrogen) atoms. The molecule has 1 aliphatic rings. The molecule has 0 radical (unpaired) electrons. The normalized spacial score (nSPS) is 15.3. The molecule has 0 saturated heterocycles. The highest BCUT2D eigenvalue weighted by Crippen LogP contribution is 2.29. The van der Waals surface area contributed by atoms with Gasteiger partial charge in [-0.3, -0.25) is 9.79 Å². The van der Waals surface area contributed by atoms with Crippen molar-refractivity contribution in [3.63, 3.8) is 0 Å². The first-order valence-corrected chi connectivity index (χ1v) is 13.3. The molecule has 0 saturated carbocycles. The summed E-state index contributed by atoms with van der Waals surface area (Å²) in [4.78, 5) is 30.2. The zero-order valence-electron chi connectivity index (χ0n) is 23.2. The fourth-order valence-electron chi connectivity index (χ4n) is 3.74. The van der Waals surface area contributed by atoms with Crippen molar-refractivity contribution >= 4 is 40.6 Å². The summed E-state index contributed by atoms with van der Waals surface area (Å²) in [5, 5.41) is 9.27. The number of hydrogen-bond donors (Lipinski definition) is 3. The molecular formula is C31H39ClN4O2. The second-order valence-corrected chi connectivity index (χ2v) is 10.0. The topological polar surface area (TPSA) is 82.6 Å². The summed E-state index contributed by atoms with van der Waals surface area (Å²) in [6, 6.07) is 11.9. The van der Waals surface area contributed by atoms with Crippen LogP contribution in [-0.2, 0) is 4.79 Å². The summed E-state index contributed by atoms with van der Waals surface area (Å²) in [6.07, 6.45) is 8.88. The SMILES string of the molecule is C=C/C(=C\C=C/C)CCC1N=C(c2ccc(NC(=O)NC(C)(C)C)cc2)c2cc(Cl)ccc2NC1=O.CC. The number of rotatable bonds is 7. The molecule has 2 aromatic rings. The van der Waals surface area contributed by atoms with E-state index in [1.807, 2.05) is 90.1 Å². The lowest BCUT2D eigenvalue weighted by Crippen LogP contribution is -2.43. The number of aliphatic imine (C=N–C) groups is 1. The number of carbonyl (C=O) groups excluding carboxylic acids is 2. The Balaban J connectivity index is 0.00000247. The molecule has 3 rings (SSSR count). The van der Waals surface area contributed by atoms with Gasteiger partial charge in [-0.05, 0) is 76.4 Å². The van der Waals surface area contributed by atoms with E-state index in [2.05, 4.69) is 22.5 Å². The molecule has 0 aliphatic carbocycles. The summed E-state index contributed by atoms with van der Waals surface area (Å²) >= 11 is 6.31. The van der Waals surface area contributed by atoms with Crippen molar-refractivity contribution in [2.24, 2.45) is 4.99 Å². The zero-order chi connectivity index (χ0) is 28.3. The van der Waals surface area contributed by atoms with Gasteiger partial charge in [0.15, 0.2) is 0 Å². The largest absolute Gasteiger partial charge is 0.333 e. The Morgan fingerprint density at radius 2 is 1.84 bits per heavy atom. The molecule has 3 amide bonds. The Morgan fingerprint density at radius 3 is 2.45 bits per heavy atom. The number of nitrogens with one attached hydrogen (secondary N) is 3. The fraction of sp³-hybridized carbons (Fsp3) is 0.323. The molecular weight excluding hydrogens is 496 g/mol. The molecule has 0 spiro atoms. The van der Waals surface area contributed by atoms with E-state index in [4.69, 9.17) is 16.6 Å². The Bertz CT molecular complexity index is 1220. The van der Waals surface area contributed by atoms with E-state index >= 15 is 0 Å². The van der Waals surface area contributed by atoms with Crippen LogP contribution in [0.1, 0.15) is 65.5 Å². The number of fused-ring (bicyclic) bond motifs is 1. The summed E-state index contributed by atoms with van der Waals surface area (Å²) in [5.41, 5.74) is 4.23. The van der Waals surface area contributed by atoms with E-state index in [9.17, 15) is 9.59 Å². The van der Waals surface area contributed by atoms with Gasteiger partial charge in [-0.2, -0.15) is 0 Å². The fourth-order valence-corrected chi connectivity index (χ4v) is 3.91. The summed E-state index contributed by atoms with van der Waals surface area (Å²) < 4.78 is 0. The van der Waals surface area contributed by atoms with Crippen LogP contribution in [-0.4, -0.2) is 29.2 Å². The van der Waals surface area contributed by atoms with Gasteiger partial charge in [0.05, 0.1) is 11.4 Å². The molecule has 7 heteroatoms. The lowest BCUT2D eigenvalue weighted by atomic mass is 10.00. The number of halogens is 1. The maximum atomic E-state index is 13.1. The molecule has 0 bridgehead atoms. The summed E-state index contributed by atoms with van der Waals surface area (Å²) in [6.45, 7) is 15.6. The van der Waals surface area contributed by atoms with Crippen molar-refractivity contribution in [1.29, 1.82) is 0 Å². The lowest BCUT2D eigenvalue weighted by Gasteiger charge is -2.20. The van der Waals surface area contributed by atoms with Gasteiger partial charge in [-0.1, -0.05) is 68.5 Å². The van der Waals surface area contributed by atoms with Crippen LogP contribution in [0.5, 0.6) is 0 Å². The second-order valence-electron chi connectivity index (χ2n) is 9.59. The number of carbonyl (C=O) groups is 2. The molecule has 1 aliphatic heterocycles. The number of benzene rings is 2. The predicted molar refractivity (Wildman–Crippen MR) is 162 cm³/mol. The maximum absolute atomic E-state index is 13.1. The quantitative estimate of drug-likeness (QED) is 0.315. The van der Waals surface area contributed by atoms with Crippen LogP contribution in [0, 0.1) is 0 Å². The average molecular weight is 535 g/mol. The number of urea groups is 1. The first kappa shape index (κ1) is 30.6. The van der Waals surface area contributed by atoms with Crippen molar-refractivity contribution in [2.75, 3.05) is 10.6 Å². The van der Waals surface area contributed by atoms with Gasteiger partial charge in [0.25, 0.3) is 0 Å². The van der Waals surface area contributed by atoms with Crippen molar-refractivity contribution in [2.45, 2.75) is 66.0 Å². The maximum Gasteiger partial charge on any atom is 0.319 e. The smallest absolute Gasteiger partial charge is 0.319 e. The average Bonchev–Trinajstić information content (AvgIpc) is 3.00. The first-order chi connectivity index (χ1) is 18.1. The van der Waals surface area contributed by atoms with Gasteiger partial charge in [-0.15, -0.1) is 0 Å². The molecule has 2 aromatic carbocycles. The van der Waals surface area contributed by atoms with Crippen LogP contribution in [0.3, 0.4) is 0 Å². The van der Waals surface area contributed by atoms with Gasteiger partial charge in [0.2, 0.25) is 5.91 Å². The first-order valence-electron chi connectivity index (χ1n) is 12.9. The standard InChI is InChI=1S/C29H33ClN4O2.C2H6/c1-6-8-9-19(7-2)10-16-25-27(35)33-24-17-13-21(30)18-23(24)26(32-25)20-11-14-22(15-12-20)31-28(36)34-29(3,4)5;1-2/h6-9,11-15,17-18,25H,2,10,16H2,1,3-5H3,(H,33,35)(H2,31,34,36);1-2H3/b8-6-,19-9+;. The van der Waals surface area contributed by atoms with Gasteiger partial charge < -0.3 is 16.0 Å². The molecule has 6 nitrogen and oxygen atoms in total. The van der Waals surface area contributed by atoms with Crippen LogP contribution in [0.15, 0.2) is 83.9 Å². The van der Waals surface area contributed by atoms with Crippen LogP contribution in [0.4, 0.5) is 16.2 Å². The van der Waals surface area contributed by atoms with E-state index in [0.29, 0.717) is 35.0 Å². The third-order valence-electron chi connectivity index (χ3n) is 5.46. The van der Waals surface area contributed by atoms with E-state index < -0.39 is 6.04 Å². The van der Waals surface area contributed by atoms with Crippen molar-refractivity contribution in [3.05, 3.63) is 95.1 Å². The highest BCUT2D eigenvalue weighted by Gasteiger charge is 2.26. The Labute approximate surface area is 232 Å². The zero-order valence-corrected chi connectivity index (χ0v) is 23.9. The van der Waals surface area contributed by atoms with Crippen LogP contribution >= 0.6 is 11.6 Å². The lowest BCUT2D eigenvalue weighted by molar-refractivity contribution is -0.117. The summed E-state index contributed by atoms with van der Waals surface area (Å²) in [7, 11) is 0. The minimum Gasteiger partial charge on any atom is -0.333 e. The number of benzodiazepines with no additional fused rings is 1. The van der Waals surface area contributed by atoms with Gasteiger partial charge in [0.1, 0.15) is 6.04 Å². The summed E-state index contributed by atoms with van der Waals surface area (Å²) in [5.74, 6) is -0.167. The van der Waals surface area contributed by atoms with Gasteiger partial charge in [-0.25, -0.2) is 4.79 Å². The minimum absolute atomic E-state index is 0.167. The van der Waals surface area contributed by atoms with E-state index in [1.54, 1.807) is 18.2 Å². The van der Waals surface area contributed by atoms with Gasteiger partial charge in [0, 0.05) is 27.4 Å². The Hall–Kier alpha value is -3.64. The number of allylic oxidation sites excluding steroid dienone is 5. The highest BCUT2D eigenvalue weighted by molar-refractivity contribution is 6.32. The molecule has 3 N–H and O–H groups in total. The van der Waals surface area contributed by atoms with Crippen LogP contribution in [0.2, 0.25) is 5.02 Å². The predicted octanol–water partition coefficient (Wildman–Crippen LogP) is 7.91. The molecule has 1 heterocycles. The number of hydrogen-bond acceptors (Lipinski definition) is 3. The molecule has 1 unspecified atom stereocenters. The van der Waals surface area contributed by atoms with Crippen molar-refractivity contribution in [1.82, 2.24) is 5.32 Å². The second kappa shape index (κ2) is 14.3. The highest BCUT2D eigenvalue weighted by atomic mass is 35.5. The number of anilines is 2. The van der Waals surface area contributed by atoms with E-state index in [1.165, 1.54) is 0 Å². The third kappa shape index (κ3) is 9.03. The third-order valence-corrected chi connectivity index (χ3v) is 5.69. The Kier molecular flexibility index (Phi) is 11.5. The molecule has 1 atom stereocenters. The molecule has 0 fully saturated rings. The molecule has 202 valence electrons. The van der Waals surface area contributed by atoms with E-state index in [0.717, 1.165) is 16.7 Å². The van der Waals surface area contributed by atoms with Crippen LogP contribution in [0.25, 0.3) is 0 Å². The minimum atomic E-state index is -0.588. The van der Waals surface area contributed by atoms with Crippen LogP contribution < -0.4 is 16.0 Å². The van der Waals surface area contributed by atoms with Crippen molar-refractivity contribution < 1.29 is 9.59 Å². The number of amides is 3. The number of nitrogens with zero attached hydrogens (tertiary/aromatic N) is 1. The van der Waals surface area contributed by atoms with Crippen molar-refractivity contribution in [3.8, 4) is 0 Å². The Morgan fingerprint density at radius 1 is 1.16 bits per heavy atom. The van der Waals surface area contributed by atoms with Gasteiger partial charge >= 0.3 is 6.03 Å². The van der Waals surface area contributed by atoms with E-state index in [-0.39, 0.29) is 17.5 Å². The monoisotopic (exact) mass is 534 g/mol. The molecule has 0 aromatic heterocycles.